The number of hydrogen-bond acceptors (Lipinski definition) is 15. The van der Waals surface area contributed by atoms with E-state index >= 15 is 0 Å². The first-order chi connectivity index (χ1) is 56.5. The maximum Gasteiger partial charge on any atom is 0.257 e. The van der Waals surface area contributed by atoms with Crippen molar-refractivity contribution in [1.29, 1.82) is 0 Å². The molecule has 1 atom stereocenters. The molecule has 6 N–H and O–H groups in total. The molecular weight excluding hydrogens is 1690 g/mol. The average Bonchev–Trinajstić information content (AvgIpc) is 0.929. The van der Waals surface area contributed by atoms with Gasteiger partial charge in [0.2, 0.25) is 0 Å². The van der Waals surface area contributed by atoms with Gasteiger partial charge in [0.25, 0.3) is 35.4 Å². The van der Waals surface area contributed by atoms with Gasteiger partial charge in [-0.05, 0) is 227 Å². The second-order valence-electron chi connectivity index (χ2n) is 26.6. The standard InChI is InChI=1S/C24H21Cl2N3O3.C22H21ClN2O3S.C21H17Cl2N3O2.C21H18Cl2N2O3S/c25-20-9-7-16(13-19(20)22-5-1-2-10-27-22)29-24(31)18-8-6-15(12-21(18)26)23(30)28-14-17-4-3-11-32-17;1-15(2)29(27,28)14-16-6-8-17(9-7-16)22(26)25-18-10-11-20(23)19(13-18)21-5-3-4-12-24-21;1-2-24-20(27)13-6-8-15(18(23)11-13)21(28)26-14-7-9-17(22)16(12-14)19-5-3-4-10-25-19;1-2-29(27,28)13-14-6-8-16(19(23)11-14)21(26)25-15-7-9-18(22)17(12-15)20-5-3-4-10-24-20/h1-2,5-10,12-13,17H,3-4,11,14H2,(H,28,30)(H,29,31);3-13,15H,14H2,1-2H3,(H,25,26);3-12H,2H2,1H3,(H,24,27)(H,26,28);3-12H,2,13H2,1H3,(H,25,26)/t17-;;;/m0.../s1. The molecule has 0 spiro atoms. The minimum atomic E-state index is -3.19. The number of benzene rings is 8. The van der Waals surface area contributed by atoms with E-state index in [2.05, 4.69) is 51.8 Å². The number of ether oxygens (including phenoxy) is 1. The van der Waals surface area contributed by atoms with Crippen molar-refractivity contribution in [2.45, 2.75) is 63.4 Å². The Labute approximate surface area is 718 Å². The normalized spacial score (nSPS) is 12.2. The van der Waals surface area contributed by atoms with Crippen molar-refractivity contribution in [2.75, 3.05) is 46.7 Å². The van der Waals surface area contributed by atoms with Crippen LogP contribution in [-0.4, -0.2) is 109 Å². The molecule has 0 saturated carbocycles. The Morgan fingerprint density at radius 2 is 0.746 bits per heavy atom. The monoisotopic (exact) mass is 1760 g/mol. The summed E-state index contributed by atoms with van der Waals surface area (Å²) in [7, 11) is -6.37. The van der Waals surface area contributed by atoms with Crippen LogP contribution in [0.4, 0.5) is 22.7 Å². The Morgan fingerprint density at radius 3 is 1.08 bits per heavy atom. The van der Waals surface area contributed by atoms with Gasteiger partial charge >= 0.3 is 0 Å². The molecule has 0 radical (unpaired) electrons. The summed E-state index contributed by atoms with van der Waals surface area (Å²) in [5.41, 5.74) is 11.0. The predicted octanol–water partition coefficient (Wildman–Crippen LogP) is 20.5. The Morgan fingerprint density at radius 1 is 0.390 bits per heavy atom. The van der Waals surface area contributed by atoms with E-state index < -0.39 is 36.7 Å². The number of pyridine rings is 4. The lowest BCUT2D eigenvalue weighted by molar-refractivity contribution is 0.0856. The van der Waals surface area contributed by atoms with Crippen LogP contribution in [0.2, 0.25) is 35.2 Å². The Kier molecular flexibility index (Phi) is 32.2. The summed E-state index contributed by atoms with van der Waals surface area (Å²) in [6.07, 6.45) is 8.69. The molecule has 1 fully saturated rings. The Bertz CT molecular complexity index is 5850. The first kappa shape index (κ1) is 89.4. The number of sulfone groups is 2. The van der Waals surface area contributed by atoms with E-state index in [0.717, 1.165) is 25.0 Å². The molecular formula is C88H77Cl7N10O11S2. The van der Waals surface area contributed by atoms with Crippen LogP contribution in [0, 0.1) is 0 Å². The number of hydrogen-bond donors (Lipinski definition) is 6. The zero-order valence-electron chi connectivity index (χ0n) is 63.7. The Hall–Kier alpha value is -10.9. The van der Waals surface area contributed by atoms with Crippen molar-refractivity contribution in [3.8, 4) is 45.0 Å². The van der Waals surface area contributed by atoms with Gasteiger partial charge in [-0.1, -0.05) is 131 Å². The van der Waals surface area contributed by atoms with E-state index in [-0.39, 0.29) is 78.7 Å². The fraction of sp³-hybridized carbons (Fsp3) is 0.159. The summed E-state index contributed by atoms with van der Waals surface area (Å²) in [4.78, 5) is 92.1. The number of carbonyl (C=O) groups excluding carboxylic acids is 6. The molecule has 606 valence electrons. The van der Waals surface area contributed by atoms with Gasteiger partial charge in [-0.25, -0.2) is 16.8 Å². The SMILES string of the molecule is CC(C)S(=O)(=O)Cc1ccc(C(=O)Nc2ccc(Cl)c(-c3ccccn3)c2)cc1.CCNC(=O)c1ccc(C(=O)Nc2ccc(Cl)c(-c3ccccn3)c2)c(Cl)c1.CCS(=O)(=O)Cc1ccc(C(=O)Nc2ccc(Cl)c(-c3ccccn3)c2)c(Cl)c1.O=C(NC[C@@H]1CCCO1)c1ccc(C(=O)Nc2ccc(Cl)c(-c3ccccn3)c2)c(Cl)c1. The molecule has 12 aromatic rings. The molecule has 30 heteroatoms. The van der Waals surface area contributed by atoms with Crippen LogP contribution in [0.1, 0.15) is 114 Å². The number of carbonyl (C=O) groups is 6. The molecule has 0 unspecified atom stereocenters. The van der Waals surface area contributed by atoms with E-state index in [9.17, 15) is 45.6 Å². The molecule has 21 nitrogen and oxygen atoms in total. The molecule has 6 amide bonds. The number of nitrogens with zero attached hydrogens (tertiary/aromatic N) is 4. The molecule has 118 heavy (non-hydrogen) atoms. The van der Waals surface area contributed by atoms with Gasteiger partial charge < -0.3 is 36.6 Å². The summed E-state index contributed by atoms with van der Waals surface area (Å²) in [5, 5.41) is 19.0. The predicted molar refractivity (Wildman–Crippen MR) is 472 cm³/mol. The lowest BCUT2D eigenvalue weighted by Gasteiger charge is -2.12. The number of amides is 6. The van der Waals surface area contributed by atoms with E-state index in [1.54, 1.807) is 167 Å². The van der Waals surface area contributed by atoms with Crippen LogP contribution in [0.5, 0.6) is 0 Å². The number of nitrogens with one attached hydrogen (secondary N) is 6. The lowest BCUT2D eigenvalue weighted by atomic mass is 10.1. The fourth-order valence-corrected chi connectivity index (χ4v) is 15.0. The smallest absolute Gasteiger partial charge is 0.257 e. The minimum absolute atomic E-state index is 0.0437. The molecule has 1 aliphatic heterocycles. The average molecular weight is 1760 g/mol. The topological polar surface area (TPSA) is 304 Å². The molecule has 0 aliphatic carbocycles. The Balaban J connectivity index is 0.000000166. The first-order valence-corrected chi connectivity index (χ1v) is 42.9. The van der Waals surface area contributed by atoms with Crippen LogP contribution in [0.25, 0.3) is 45.0 Å². The highest BCUT2D eigenvalue weighted by Gasteiger charge is 2.23. The highest BCUT2D eigenvalue weighted by Crippen LogP contribution is 2.35. The van der Waals surface area contributed by atoms with Gasteiger partial charge in [0.05, 0.1) is 97.5 Å². The second kappa shape index (κ2) is 42.5. The summed E-state index contributed by atoms with van der Waals surface area (Å²) in [6, 6.07) is 63.0. The van der Waals surface area contributed by atoms with Crippen molar-refractivity contribution >= 4 is 159 Å². The molecule has 8 aromatic carbocycles. The van der Waals surface area contributed by atoms with E-state index in [4.69, 9.17) is 85.9 Å². The maximum atomic E-state index is 12.8. The van der Waals surface area contributed by atoms with Crippen LogP contribution >= 0.6 is 81.2 Å². The first-order valence-electron chi connectivity index (χ1n) is 36.7. The van der Waals surface area contributed by atoms with Gasteiger partial charge in [0.1, 0.15) is 0 Å². The van der Waals surface area contributed by atoms with E-state index in [1.807, 2.05) is 73.7 Å². The summed E-state index contributed by atoms with van der Waals surface area (Å²) >= 11 is 43.9. The van der Waals surface area contributed by atoms with Crippen LogP contribution in [-0.2, 0) is 35.9 Å². The van der Waals surface area contributed by atoms with E-state index in [0.29, 0.717) is 123 Å². The van der Waals surface area contributed by atoms with Crippen molar-refractivity contribution in [1.82, 2.24) is 30.6 Å². The van der Waals surface area contributed by atoms with Crippen molar-refractivity contribution in [3.63, 3.8) is 0 Å². The number of halogens is 7. The summed E-state index contributed by atoms with van der Waals surface area (Å²) in [5.74, 6) is -2.10. The van der Waals surface area contributed by atoms with E-state index in [1.165, 1.54) is 36.4 Å². The van der Waals surface area contributed by atoms with Crippen LogP contribution in [0.15, 0.2) is 249 Å². The van der Waals surface area contributed by atoms with Gasteiger partial charge in [-0.15, -0.1) is 0 Å². The highest BCUT2D eigenvalue weighted by molar-refractivity contribution is 7.91. The van der Waals surface area contributed by atoms with Crippen molar-refractivity contribution in [3.05, 3.63) is 329 Å². The molecule has 0 bridgehead atoms. The molecule has 1 saturated heterocycles. The second-order valence-corrected chi connectivity index (χ2v) is 34.4. The van der Waals surface area contributed by atoms with Gasteiger partial charge in [0.15, 0.2) is 19.7 Å². The van der Waals surface area contributed by atoms with Crippen LogP contribution < -0.4 is 31.9 Å². The number of rotatable bonds is 23. The fourth-order valence-electron chi connectivity index (χ4n) is 11.5. The number of anilines is 4. The molecule has 4 aromatic heterocycles. The minimum Gasteiger partial charge on any atom is -0.376 e. The molecule has 1 aliphatic rings. The van der Waals surface area contributed by atoms with Gasteiger partial charge in [0, 0.05) is 112 Å². The zero-order chi connectivity index (χ0) is 84.6. The third-order valence-corrected chi connectivity index (χ3v) is 24.0. The van der Waals surface area contributed by atoms with Crippen molar-refractivity contribution < 1.29 is 50.3 Å². The van der Waals surface area contributed by atoms with Gasteiger partial charge in [-0.2, -0.15) is 0 Å². The highest BCUT2D eigenvalue weighted by atomic mass is 35.5. The van der Waals surface area contributed by atoms with Crippen molar-refractivity contribution in [2.24, 2.45) is 0 Å². The lowest BCUT2D eigenvalue weighted by Crippen LogP contribution is -2.31. The third kappa shape index (κ3) is 25.3. The van der Waals surface area contributed by atoms with Gasteiger partial charge in [-0.3, -0.25) is 48.7 Å². The summed E-state index contributed by atoms with van der Waals surface area (Å²) < 4.78 is 53.1. The number of aromatic nitrogens is 4. The third-order valence-electron chi connectivity index (χ3n) is 17.9. The van der Waals surface area contributed by atoms with Crippen LogP contribution in [0.3, 0.4) is 0 Å². The molecule has 13 rings (SSSR count). The summed E-state index contributed by atoms with van der Waals surface area (Å²) in [6.45, 7) is 8.41. The largest absolute Gasteiger partial charge is 0.376 e. The quantitative estimate of drug-likeness (QED) is 0.0347. The zero-order valence-corrected chi connectivity index (χ0v) is 70.6. The molecule has 5 heterocycles. The maximum absolute atomic E-state index is 12.8.